The van der Waals surface area contributed by atoms with Crippen molar-refractivity contribution in [2.45, 2.75) is 38.3 Å². The number of carbonyl (C=O) groups excluding carboxylic acids is 1. The third-order valence-electron chi connectivity index (χ3n) is 8.19. The standard InChI is InChI=1S/C32H36ClN3O6/c1-41-30-18-27(26(33)17-24(30)20-37)34-31(38)42-15-5-6-21-9-10-25(22-7-3-2-4-8-22)28(16-21)36(32(39)40)29-19-35-13-11-23(29)12-14-35/h2-4,7-10,16-18,23,29,37H,5-6,11-15,19-20H2,1H3,(H,34,38)(H,39,40). The van der Waals surface area contributed by atoms with Gasteiger partial charge in [0.2, 0.25) is 0 Å². The van der Waals surface area contributed by atoms with Crippen molar-refractivity contribution >= 4 is 35.2 Å². The summed E-state index contributed by atoms with van der Waals surface area (Å²) in [6, 6.07) is 18.8. The van der Waals surface area contributed by atoms with Crippen LogP contribution in [0, 0.1) is 5.92 Å². The molecule has 3 heterocycles. The highest BCUT2D eigenvalue weighted by atomic mass is 35.5. The number of halogens is 1. The summed E-state index contributed by atoms with van der Waals surface area (Å²) in [4.78, 5) is 29.1. The van der Waals surface area contributed by atoms with Crippen LogP contribution in [-0.2, 0) is 17.8 Å². The normalized spacial score (nSPS) is 19.3. The first-order chi connectivity index (χ1) is 20.4. The third-order valence-corrected chi connectivity index (χ3v) is 8.50. The first kappa shape index (κ1) is 29.7. The maximum atomic E-state index is 12.8. The van der Waals surface area contributed by atoms with Gasteiger partial charge in [-0.05, 0) is 68.0 Å². The van der Waals surface area contributed by atoms with Gasteiger partial charge in [-0.1, -0.05) is 54.1 Å². The second kappa shape index (κ2) is 13.5. The Morgan fingerprint density at radius 2 is 1.86 bits per heavy atom. The zero-order valence-corrected chi connectivity index (χ0v) is 24.3. The summed E-state index contributed by atoms with van der Waals surface area (Å²) in [7, 11) is 1.47. The van der Waals surface area contributed by atoms with Crippen molar-refractivity contribution in [2.75, 3.05) is 43.6 Å². The molecule has 3 N–H and O–H groups in total. The molecule has 1 atom stereocenters. The fraction of sp³-hybridized carbons (Fsp3) is 0.375. The van der Waals surface area contributed by atoms with Crippen molar-refractivity contribution in [3.05, 3.63) is 76.8 Å². The van der Waals surface area contributed by atoms with Crippen LogP contribution in [0.3, 0.4) is 0 Å². The van der Waals surface area contributed by atoms with E-state index < -0.39 is 12.2 Å². The van der Waals surface area contributed by atoms with Gasteiger partial charge in [-0.3, -0.25) is 10.2 Å². The number of nitrogens with one attached hydrogen (secondary N) is 1. The molecule has 3 aliphatic rings. The molecule has 42 heavy (non-hydrogen) atoms. The predicted molar refractivity (Wildman–Crippen MR) is 163 cm³/mol. The van der Waals surface area contributed by atoms with Crippen molar-refractivity contribution < 1.29 is 29.3 Å². The van der Waals surface area contributed by atoms with Crippen molar-refractivity contribution in [3.63, 3.8) is 0 Å². The summed E-state index contributed by atoms with van der Waals surface area (Å²) >= 11 is 6.23. The van der Waals surface area contributed by atoms with Gasteiger partial charge in [-0.25, -0.2) is 9.59 Å². The Morgan fingerprint density at radius 1 is 1.10 bits per heavy atom. The number of methoxy groups -OCH3 is 1. The monoisotopic (exact) mass is 593 g/mol. The van der Waals surface area contributed by atoms with Crippen LogP contribution >= 0.6 is 11.6 Å². The number of fused-ring (bicyclic) bond motifs is 3. The fourth-order valence-corrected chi connectivity index (χ4v) is 6.27. The number of piperidine rings is 3. The molecule has 9 nitrogen and oxygen atoms in total. The molecule has 0 aliphatic carbocycles. The van der Waals surface area contributed by atoms with Crippen LogP contribution in [0.5, 0.6) is 5.75 Å². The van der Waals surface area contributed by atoms with E-state index in [4.69, 9.17) is 21.1 Å². The number of carbonyl (C=O) groups is 2. The molecule has 10 heteroatoms. The summed E-state index contributed by atoms with van der Waals surface area (Å²) in [5.41, 5.74) is 4.33. The lowest BCUT2D eigenvalue weighted by molar-refractivity contribution is 0.0837. The fourth-order valence-electron chi connectivity index (χ4n) is 6.03. The van der Waals surface area contributed by atoms with Crippen LogP contribution in [0.15, 0.2) is 60.7 Å². The van der Waals surface area contributed by atoms with Crippen LogP contribution in [0.1, 0.15) is 30.4 Å². The SMILES string of the molecule is COc1cc(NC(=O)OCCCc2ccc(-c3ccccc3)c(N(C(=O)O)C3CN4CCC3CC4)c2)c(Cl)cc1CO. The van der Waals surface area contributed by atoms with Crippen molar-refractivity contribution in [1.82, 2.24) is 4.90 Å². The molecule has 0 aromatic heterocycles. The van der Waals surface area contributed by atoms with E-state index in [0.29, 0.717) is 41.4 Å². The average molecular weight is 594 g/mol. The molecule has 0 radical (unpaired) electrons. The van der Waals surface area contributed by atoms with Gasteiger partial charge in [-0.15, -0.1) is 0 Å². The Labute approximate surface area is 250 Å². The lowest BCUT2D eigenvalue weighted by atomic mass is 9.82. The molecule has 3 aromatic rings. The molecule has 2 amide bonds. The highest BCUT2D eigenvalue weighted by Gasteiger charge is 2.40. The minimum atomic E-state index is -0.939. The van der Waals surface area contributed by atoms with Crippen LogP contribution in [-0.4, -0.2) is 66.7 Å². The largest absolute Gasteiger partial charge is 0.496 e. The highest BCUT2D eigenvalue weighted by molar-refractivity contribution is 6.33. The Morgan fingerprint density at radius 3 is 2.50 bits per heavy atom. The number of carboxylic acid groups (broad SMARTS) is 1. The van der Waals surface area contributed by atoms with Crippen molar-refractivity contribution in [1.29, 1.82) is 0 Å². The van der Waals surface area contributed by atoms with Gasteiger partial charge in [0, 0.05) is 23.7 Å². The van der Waals surface area contributed by atoms with Crippen LogP contribution in [0.25, 0.3) is 11.1 Å². The van der Waals surface area contributed by atoms with Gasteiger partial charge in [0.05, 0.1) is 42.8 Å². The number of nitrogens with zero attached hydrogens (tertiary/aromatic N) is 2. The molecule has 0 saturated carbocycles. The van der Waals surface area contributed by atoms with E-state index in [1.54, 1.807) is 4.90 Å². The quantitative estimate of drug-likeness (QED) is 0.238. The summed E-state index contributed by atoms with van der Waals surface area (Å²) in [6.45, 7) is 2.72. The number of amides is 2. The summed E-state index contributed by atoms with van der Waals surface area (Å²) in [5, 5.41) is 22.8. The number of benzene rings is 3. The molecule has 0 spiro atoms. The first-order valence-electron chi connectivity index (χ1n) is 14.2. The molecule has 2 bridgehead atoms. The molecule has 222 valence electrons. The number of aliphatic hydroxyl groups is 1. The van der Waals surface area contributed by atoms with Crippen LogP contribution < -0.4 is 15.0 Å². The maximum absolute atomic E-state index is 12.8. The molecule has 3 fully saturated rings. The van der Waals surface area contributed by atoms with Crippen molar-refractivity contribution in [3.8, 4) is 16.9 Å². The van der Waals surface area contributed by atoms with E-state index in [2.05, 4.69) is 10.2 Å². The number of ether oxygens (including phenoxy) is 2. The van der Waals surface area contributed by atoms with Gasteiger partial charge in [0.15, 0.2) is 0 Å². The topological polar surface area (TPSA) is 112 Å². The number of hydrogen-bond acceptors (Lipinski definition) is 6. The van der Waals surface area contributed by atoms with E-state index >= 15 is 0 Å². The maximum Gasteiger partial charge on any atom is 0.412 e. The Balaban J connectivity index is 1.28. The Bertz CT molecular complexity index is 1410. The van der Waals surface area contributed by atoms with Gasteiger partial charge in [0.1, 0.15) is 5.75 Å². The number of aryl methyl sites for hydroxylation is 1. The zero-order valence-electron chi connectivity index (χ0n) is 23.6. The second-order valence-corrected chi connectivity index (χ2v) is 11.1. The highest BCUT2D eigenvalue weighted by Crippen LogP contribution is 2.39. The van der Waals surface area contributed by atoms with E-state index in [-0.39, 0.29) is 24.3 Å². The van der Waals surface area contributed by atoms with E-state index in [0.717, 1.165) is 49.2 Å². The minimum absolute atomic E-state index is 0.0911. The van der Waals surface area contributed by atoms with Gasteiger partial charge in [-0.2, -0.15) is 0 Å². The Kier molecular flexibility index (Phi) is 9.51. The first-order valence-corrected chi connectivity index (χ1v) is 14.6. The summed E-state index contributed by atoms with van der Waals surface area (Å²) in [6.07, 6.45) is 1.57. The predicted octanol–water partition coefficient (Wildman–Crippen LogP) is 6.27. The molecule has 3 aromatic carbocycles. The minimum Gasteiger partial charge on any atom is -0.496 e. The number of aliphatic hydroxyl groups excluding tert-OH is 1. The van der Waals surface area contributed by atoms with E-state index in [9.17, 15) is 19.8 Å². The molecule has 3 saturated heterocycles. The number of hydrogen-bond donors (Lipinski definition) is 3. The smallest absolute Gasteiger partial charge is 0.412 e. The number of anilines is 2. The third kappa shape index (κ3) is 6.64. The van der Waals surface area contributed by atoms with E-state index in [1.807, 2.05) is 48.5 Å². The van der Waals surface area contributed by atoms with Crippen LogP contribution in [0.4, 0.5) is 21.0 Å². The molecular formula is C32H36ClN3O6. The zero-order chi connectivity index (χ0) is 29.6. The summed E-state index contributed by atoms with van der Waals surface area (Å²) < 4.78 is 10.6. The molecule has 1 unspecified atom stereocenters. The van der Waals surface area contributed by atoms with Gasteiger partial charge < -0.3 is 24.6 Å². The Hall–Kier alpha value is -3.79. The molecule has 6 rings (SSSR count). The lowest BCUT2D eigenvalue weighted by Crippen LogP contribution is -2.59. The molecule has 3 aliphatic heterocycles. The number of rotatable bonds is 10. The summed E-state index contributed by atoms with van der Waals surface area (Å²) in [5.74, 6) is 0.749. The molecular weight excluding hydrogens is 558 g/mol. The van der Waals surface area contributed by atoms with E-state index in [1.165, 1.54) is 19.2 Å². The lowest BCUT2D eigenvalue weighted by Gasteiger charge is -2.48. The second-order valence-electron chi connectivity index (χ2n) is 10.7. The van der Waals surface area contributed by atoms with Crippen LogP contribution in [0.2, 0.25) is 5.02 Å². The van der Waals surface area contributed by atoms with Gasteiger partial charge in [0.25, 0.3) is 0 Å². The van der Waals surface area contributed by atoms with Crippen molar-refractivity contribution in [2.24, 2.45) is 5.92 Å². The average Bonchev–Trinajstić information content (AvgIpc) is 3.01. The van der Waals surface area contributed by atoms with Gasteiger partial charge >= 0.3 is 12.2 Å².